The first-order valence-electron chi connectivity index (χ1n) is 6.09. The topological polar surface area (TPSA) is 64.3 Å². The Morgan fingerprint density at radius 2 is 2.25 bits per heavy atom. The van der Waals surface area contributed by atoms with E-state index in [-0.39, 0.29) is 5.91 Å². The molecule has 0 aromatic rings. The third-order valence-corrected chi connectivity index (χ3v) is 2.93. The molecule has 0 aliphatic carbocycles. The Morgan fingerprint density at radius 3 is 2.81 bits per heavy atom. The van der Waals surface area contributed by atoms with E-state index in [2.05, 4.69) is 12.2 Å². The smallest absolute Gasteiger partial charge is 0.221 e. The molecule has 1 aliphatic rings. The molecule has 1 fully saturated rings. The van der Waals surface area contributed by atoms with Gasteiger partial charge in [-0.05, 0) is 26.7 Å². The summed E-state index contributed by atoms with van der Waals surface area (Å²) in [5.74, 6) is 0.504. The highest BCUT2D eigenvalue weighted by molar-refractivity contribution is 5.77. The molecule has 0 radical (unpaired) electrons. The molecule has 0 bridgehead atoms. The first-order chi connectivity index (χ1) is 7.42. The van der Waals surface area contributed by atoms with Crippen LogP contribution in [-0.2, 0) is 9.53 Å². The minimum absolute atomic E-state index is 0.0363. The van der Waals surface area contributed by atoms with Gasteiger partial charge in [-0.3, -0.25) is 4.79 Å². The van der Waals surface area contributed by atoms with Gasteiger partial charge in [0.2, 0.25) is 5.91 Å². The van der Waals surface area contributed by atoms with Crippen LogP contribution < -0.4 is 11.1 Å². The van der Waals surface area contributed by atoms with Gasteiger partial charge in [0, 0.05) is 31.0 Å². The van der Waals surface area contributed by atoms with Crippen LogP contribution in [0.3, 0.4) is 0 Å². The van der Waals surface area contributed by atoms with E-state index in [0.29, 0.717) is 25.0 Å². The van der Waals surface area contributed by atoms with Gasteiger partial charge in [-0.15, -0.1) is 0 Å². The zero-order valence-corrected chi connectivity index (χ0v) is 10.6. The molecule has 1 aliphatic heterocycles. The maximum atomic E-state index is 11.6. The quantitative estimate of drug-likeness (QED) is 0.739. The first kappa shape index (κ1) is 13.5. The molecule has 0 saturated carbocycles. The van der Waals surface area contributed by atoms with Gasteiger partial charge in [0.1, 0.15) is 0 Å². The van der Waals surface area contributed by atoms with Gasteiger partial charge in [-0.25, -0.2) is 0 Å². The van der Waals surface area contributed by atoms with Crippen molar-refractivity contribution in [1.82, 2.24) is 5.32 Å². The van der Waals surface area contributed by atoms with Crippen molar-refractivity contribution >= 4 is 5.91 Å². The molecule has 2 unspecified atom stereocenters. The summed E-state index contributed by atoms with van der Waals surface area (Å²) in [5, 5.41) is 2.95. The lowest BCUT2D eigenvalue weighted by molar-refractivity contribution is -0.122. The number of hydrogen-bond donors (Lipinski definition) is 2. The van der Waals surface area contributed by atoms with E-state index in [0.717, 1.165) is 19.4 Å². The normalized spacial score (nSPS) is 25.8. The molecular weight excluding hydrogens is 204 g/mol. The number of nitrogens with one attached hydrogen (secondary N) is 1. The third kappa shape index (κ3) is 4.49. The molecule has 3 N–H and O–H groups in total. The van der Waals surface area contributed by atoms with E-state index in [1.54, 1.807) is 0 Å². The number of carbonyl (C=O) groups is 1. The minimum Gasteiger partial charge on any atom is -0.378 e. The molecule has 1 amide bonds. The van der Waals surface area contributed by atoms with Gasteiger partial charge in [0.15, 0.2) is 0 Å². The number of nitrogens with two attached hydrogens (primary N) is 1. The molecule has 4 heteroatoms. The Labute approximate surface area is 97.9 Å². The van der Waals surface area contributed by atoms with Gasteiger partial charge >= 0.3 is 0 Å². The number of rotatable bonds is 5. The molecule has 1 rings (SSSR count). The average molecular weight is 228 g/mol. The molecule has 4 nitrogen and oxygen atoms in total. The van der Waals surface area contributed by atoms with Gasteiger partial charge in [-0.2, -0.15) is 0 Å². The summed E-state index contributed by atoms with van der Waals surface area (Å²) >= 11 is 0. The maximum Gasteiger partial charge on any atom is 0.221 e. The fourth-order valence-corrected chi connectivity index (χ4v) is 2.10. The van der Waals surface area contributed by atoms with Crippen molar-refractivity contribution in [2.24, 2.45) is 11.7 Å². The SMILES string of the molecule is CCC1OCCC1CNC(=O)CC(C)(C)N. The van der Waals surface area contributed by atoms with Crippen LogP contribution in [0.25, 0.3) is 0 Å². The van der Waals surface area contributed by atoms with Crippen molar-refractivity contribution in [3.05, 3.63) is 0 Å². The lowest BCUT2D eigenvalue weighted by atomic mass is 9.98. The fraction of sp³-hybridized carbons (Fsp3) is 0.917. The Kier molecular flexibility index (Phi) is 4.74. The van der Waals surface area contributed by atoms with Crippen molar-refractivity contribution in [2.75, 3.05) is 13.2 Å². The summed E-state index contributed by atoms with van der Waals surface area (Å²) < 4.78 is 5.57. The first-order valence-corrected chi connectivity index (χ1v) is 6.09. The highest BCUT2D eigenvalue weighted by atomic mass is 16.5. The fourth-order valence-electron chi connectivity index (χ4n) is 2.10. The molecule has 94 valence electrons. The number of hydrogen-bond acceptors (Lipinski definition) is 3. The van der Waals surface area contributed by atoms with Gasteiger partial charge in [0.05, 0.1) is 6.10 Å². The summed E-state index contributed by atoms with van der Waals surface area (Å²) in [6, 6.07) is 0. The highest BCUT2D eigenvalue weighted by Gasteiger charge is 2.27. The van der Waals surface area contributed by atoms with E-state index >= 15 is 0 Å². The Bertz CT molecular complexity index is 236. The average Bonchev–Trinajstić information content (AvgIpc) is 2.59. The molecule has 0 aromatic carbocycles. The van der Waals surface area contributed by atoms with Crippen molar-refractivity contribution in [1.29, 1.82) is 0 Å². The second-order valence-electron chi connectivity index (χ2n) is 5.34. The van der Waals surface area contributed by atoms with Crippen LogP contribution in [0.5, 0.6) is 0 Å². The van der Waals surface area contributed by atoms with Crippen molar-refractivity contribution in [3.8, 4) is 0 Å². The highest BCUT2D eigenvalue weighted by Crippen LogP contribution is 2.22. The molecule has 1 saturated heterocycles. The predicted molar refractivity (Wildman–Crippen MR) is 64.0 cm³/mol. The van der Waals surface area contributed by atoms with E-state index < -0.39 is 5.54 Å². The Morgan fingerprint density at radius 1 is 1.56 bits per heavy atom. The van der Waals surface area contributed by atoms with Crippen LogP contribution in [0, 0.1) is 5.92 Å². The van der Waals surface area contributed by atoms with E-state index in [1.807, 2.05) is 13.8 Å². The van der Waals surface area contributed by atoms with E-state index in [1.165, 1.54) is 0 Å². The molecule has 1 heterocycles. The molecule has 2 atom stereocenters. The third-order valence-electron chi connectivity index (χ3n) is 2.93. The standard InChI is InChI=1S/C12H24N2O2/c1-4-10-9(5-6-16-10)8-14-11(15)7-12(2,3)13/h9-10H,4-8,13H2,1-3H3,(H,14,15). The van der Waals surface area contributed by atoms with Crippen LogP contribution in [0.4, 0.5) is 0 Å². The lowest BCUT2D eigenvalue weighted by Gasteiger charge is -2.20. The second kappa shape index (κ2) is 5.64. The Balaban J connectivity index is 2.26. The zero-order valence-electron chi connectivity index (χ0n) is 10.6. The van der Waals surface area contributed by atoms with Gasteiger partial charge in [0.25, 0.3) is 0 Å². The van der Waals surface area contributed by atoms with Crippen LogP contribution in [0.2, 0.25) is 0 Å². The zero-order chi connectivity index (χ0) is 12.2. The van der Waals surface area contributed by atoms with Crippen LogP contribution in [-0.4, -0.2) is 30.7 Å². The van der Waals surface area contributed by atoms with Crippen molar-refractivity contribution < 1.29 is 9.53 Å². The second-order valence-corrected chi connectivity index (χ2v) is 5.34. The van der Waals surface area contributed by atoms with E-state index in [9.17, 15) is 4.79 Å². The summed E-state index contributed by atoms with van der Waals surface area (Å²) in [4.78, 5) is 11.6. The predicted octanol–water partition coefficient (Wildman–Crippen LogP) is 1.05. The number of ether oxygens (including phenoxy) is 1. The molecule has 0 spiro atoms. The lowest BCUT2D eigenvalue weighted by Crippen LogP contribution is -2.41. The Hall–Kier alpha value is -0.610. The summed E-state index contributed by atoms with van der Waals surface area (Å²) in [5.41, 5.74) is 5.36. The van der Waals surface area contributed by atoms with E-state index in [4.69, 9.17) is 10.5 Å². The van der Waals surface area contributed by atoms with Crippen molar-refractivity contribution in [2.45, 2.75) is 51.7 Å². The van der Waals surface area contributed by atoms with Gasteiger partial charge in [-0.1, -0.05) is 6.92 Å². The number of amides is 1. The summed E-state index contributed by atoms with van der Waals surface area (Å²) in [7, 11) is 0. The van der Waals surface area contributed by atoms with Crippen LogP contribution in [0.15, 0.2) is 0 Å². The summed E-state index contributed by atoms with van der Waals surface area (Å²) in [6.45, 7) is 7.38. The number of carbonyl (C=O) groups excluding carboxylic acids is 1. The van der Waals surface area contributed by atoms with Gasteiger partial charge < -0.3 is 15.8 Å². The molecular formula is C12H24N2O2. The maximum absolute atomic E-state index is 11.6. The van der Waals surface area contributed by atoms with Crippen molar-refractivity contribution in [3.63, 3.8) is 0 Å². The largest absolute Gasteiger partial charge is 0.378 e. The minimum atomic E-state index is -0.430. The van der Waals surface area contributed by atoms with Crippen LogP contribution in [0.1, 0.15) is 40.0 Å². The molecule has 0 aromatic heterocycles. The summed E-state index contributed by atoms with van der Waals surface area (Å²) in [6.07, 6.45) is 2.75. The molecule has 16 heavy (non-hydrogen) atoms. The monoisotopic (exact) mass is 228 g/mol. The van der Waals surface area contributed by atoms with Crippen LogP contribution >= 0.6 is 0 Å².